The molecule has 0 amide bonds. The Bertz CT molecular complexity index is 848. The van der Waals surface area contributed by atoms with E-state index in [1.54, 1.807) is 6.92 Å². The van der Waals surface area contributed by atoms with Crippen molar-refractivity contribution in [1.29, 1.82) is 0 Å². The first-order chi connectivity index (χ1) is 10.3. The number of carboxylic acid groups (broad SMARTS) is 1. The molecule has 22 heavy (non-hydrogen) atoms. The van der Waals surface area contributed by atoms with Crippen molar-refractivity contribution in [2.24, 2.45) is 11.8 Å². The second-order valence-electron chi connectivity index (χ2n) is 5.41. The van der Waals surface area contributed by atoms with Crippen LogP contribution in [0.2, 0.25) is 5.02 Å². The number of aromatic amines is 1. The van der Waals surface area contributed by atoms with Gasteiger partial charge in [0.15, 0.2) is 0 Å². The molecule has 0 saturated carbocycles. The Balaban J connectivity index is 2.05. The molecular formula is C13H14ClN3O4S. The van der Waals surface area contributed by atoms with Crippen LogP contribution in [0, 0.1) is 11.8 Å². The lowest BCUT2D eigenvalue weighted by atomic mass is 9.99. The normalized spacial score (nSPS) is 23.2. The second kappa shape index (κ2) is 5.22. The van der Waals surface area contributed by atoms with Gasteiger partial charge < -0.3 is 10.1 Å². The summed E-state index contributed by atoms with van der Waals surface area (Å²) in [7, 11) is -3.83. The fourth-order valence-corrected chi connectivity index (χ4v) is 4.81. The zero-order valence-corrected chi connectivity index (χ0v) is 13.2. The van der Waals surface area contributed by atoms with E-state index in [9.17, 15) is 13.2 Å². The summed E-state index contributed by atoms with van der Waals surface area (Å²) in [5.74, 6) is -1.93. The van der Waals surface area contributed by atoms with Crippen LogP contribution in [-0.4, -0.2) is 46.9 Å². The zero-order valence-electron chi connectivity index (χ0n) is 11.7. The number of rotatable bonds is 3. The molecule has 7 nitrogen and oxygen atoms in total. The van der Waals surface area contributed by atoms with Crippen molar-refractivity contribution < 1.29 is 18.3 Å². The van der Waals surface area contributed by atoms with Crippen LogP contribution < -0.4 is 0 Å². The van der Waals surface area contributed by atoms with Gasteiger partial charge in [0.05, 0.1) is 16.3 Å². The number of aromatic nitrogens is 2. The van der Waals surface area contributed by atoms with E-state index in [0.29, 0.717) is 11.0 Å². The second-order valence-corrected chi connectivity index (χ2v) is 7.73. The van der Waals surface area contributed by atoms with Crippen molar-refractivity contribution in [2.45, 2.75) is 11.8 Å². The monoisotopic (exact) mass is 343 g/mol. The lowest BCUT2D eigenvalue weighted by molar-refractivity contribution is -0.142. The highest BCUT2D eigenvalue weighted by atomic mass is 35.5. The van der Waals surface area contributed by atoms with E-state index < -0.39 is 21.9 Å². The third kappa shape index (κ3) is 2.27. The Morgan fingerprint density at radius 1 is 1.50 bits per heavy atom. The number of hydrogen-bond acceptors (Lipinski definition) is 4. The molecular weight excluding hydrogens is 330 g/mol. The number of pyridine rings is 1. The molecule has 3 rings (SSSR count). The Hall–Kier alpha value is -1.64. The number of hydrogen-bond donors (Lipinski definition) is 2. The smallest absolute Gasteiger partial charge is 0.308 e. The molecule has 1 aliphatic rings. The van der Waals surface area contributed by atoms with E-state index in [-0.39, 0.29) is 28.9 Å². The summed E-state index contributed by atoms with van der Waals surface area (Å²) < 4.78 is 26.8. The molecule has 1 aliphatic heterocycles. The molecule has 9 heteroatoms. The Morgan fingerprint density at radius 2 is 2.23 bits per heavy atom. The van der Waals surface area contributed by atoms with E-state index in [1.807, 2.05) is 0 Å². The van der Waals surface area contributed by atoms with E-state index in [0.717, 1.165) is 0 Å². The molecule has 1 saturated heterocycles. The number of fused-ring (bicyclic) bond motifs is 1. The fraction of sp³-hybridized carbons (Fsp3) is 0.385. The molecule has 3 heterocycles. The first-order valence-electron chi connectivity index (χ1n) is 6.67. The topological polar surface area (TPSA) is 103 Å². The summed E-state index contributed by atoms with van der Waals surface area (Å²) in [5.41, 5.74) is 0.383. The van der Waals surface area contributed by atoms with Gasteiger partial charge in [-0.25, -0.2) is 13.4 Å². The quantitative estimate of drug-likeness (QED) is 0.880. The number of carboxylic acids is 1. The highest BCUT2D eigenvalue weighted by Gasteiger charge is 2.41. The van der Waals surface area contributed by atoms with Crippen LogP contribution in [0.25, 0.3) is 11.0 Å². The first kappa shape index (κ1) is 15.3. The highest BCUT2D eigenvalue weighted by molar-refractivity contribution is 7.89. The maximum atomic E-state index is 12.8. The SMILES string of the molecule is C[C@@H]1CN(S(=O)(=O)c2c[nH]c3nccc(Cl)c23)C[C@H]1C(=O)O. The van der Waals surface area contributed by atoms with Crippen molar-refractivity contribution in [2.75, 3.05) is 13.1 Å². The maximum Gasteiger partial charge on any atom is 0.308 e. The van der Waals surface area contributed by atoms with Crippen molar-refractivity contribution in [3.8, 4) is 0 Å². The van der Waals surface area contributed by atoms with Gasteiger partial charge in [0.2, 0.25) is 10.0 Å². The van der Waals surface area contributed by atoms with Gasteiger partial charge in [-0.05, 0) is 12.0 Å². The molecule has 1 fully saturated rings. The van der Waals surface area contributed by atoms with Crippen molar-refractivity contribution in [1.82, 2.24) is 14.3 Å². The molecule has 118 valence electrons. The van der Waals surface area contributed by atoms with Gasteiger partial charge >= 0.3 is 5.97 Å². The third-order valence-electron chi connectivity index (χ3n) is 4.00. The first-order valence-corrected chi connectivity index (χ1v) is 8.48. The van der Waals surface area contributed by atoms with Gasteiger partial charge in [-0.2, -0.15) is 4.31 Å². The number of carbonyl (C=O) groups is 1. The van der Waals surface area contributed by atoms with Gasteiger partial charge in [-0.15, -0.1) is 0 Å². The number of nitrogens with one attached hydrogen (secondary N) is 1. The molecule has 0 aromatic carbocycles. The minimum absolute atomic E-state index is 0.0267. The largest absolute Gasteiger partial charge is 0.481 e. The molecule has 0 bridgehead atoms. The van der Waals surface area contributed by atoms with E-state index >= 15 is 0 Å². The Morgan fingerprint density at radius 3 is 2.86 bits per heavy atom. The molecule has 2 aromatic heterocycles. The third-order valence-corrected chi connectivity index (χ3v) is 6.17. The molecule has 2 N–H and O–H groups in total. The van der Waals surface area contributed by atoms with Gasteiger partial charge in [-0.1, -0.05) is 18.5 Å². The summed E-state index contributed by atoms with van der Waals surface area (Å²) in [6.45, 7) is 1.87. The lowest BCUT2D eigenvalue weighted by Crippen LogP contribution is -2.30. The van der Waals surface area contributed by atoms with Crippen LogP contribution in [0.4, 0.5) is 0 Å². The molecule has 0 unspecified atom stereocenters. The standard InChI is InChI=1S/C13H14ClN3O4S/c1-7-5-17(6-8(7)13(18)19)22(20,21)10-4-16-12-11(10)9(14)2-3-15-12/h2-4,7-8H,5-6H2,1H3,(H,15,16)(H,18,19)/t7-,8-/m1/s1. The van der Waals surface area contributed by atoms with Crippen LogP contribution in [0.15, 0.2) is 23.4 Å². The van der Waals surface area contributed by atoms with Crippen LogP contribution in [0.3, 0.4) is 0 Å². The number of halogens is 1. The summed E-state index contributed by atoms with van der Waals surface area (Å²) in [5, 5.41) is 9.77. The minimum atomic E-state index is -3.83. The Kier molecular flexibility index (Phi) is 3.62. The molecule has 0 spiro atoms. The van der Waals surface area contributed by atoms with Crippen molar-refractivity contribution >= 4 is 38.6 Å². The summed E-state index contributed by atoms with van der Waals surface area (Å²) in [6, 6.07) is 1.52. The van der Waals surface area contributed by atoms with E-state index in [1.165, 1.54) is 22.8 Å². The van der Waals surface area contributed by atoms with Crippen LogP contribution in [-0.2, 0) is 14.8 Å². The van der Waals surface area contributed by atoms with Gasteiger partial charge in [0.1, 0.15) is 10.5 Å². The van der Waals surface area contributed by atoms with Crippen LogP contribution >= 0.6 is 11.6 Å². The Labute approximate surface area is 132 Å². The fourth-order valence-electron chi connectivity index (χ4n) is 2.77. The highest BCUT2D eigenvalue weighted by Crippen LogP contribution is 2.34. The molecule has 0 aliphatic carbocycles. The average molecular weight is 344 g/mol. The number of aliphatic carboxylic acids is 1. The molecule has 0 radical (unpaired) electrons. The summed E-state index contributed by atoms with van der Waals surface area (Å²) in [6.07, 6.45) is 2.83. The number of H-pyrrole nitrogens is 1. The van der Waals surface area contributed by atoms with Gasteiger partial charge in [-0.3, -0.25) is 4.79 Å². The lowest BCUT2D eigenvalue weighted by Gasteiger charge is -2.15. The predicted molar refractivity (Wildman–Crippen MR) is 80.2 cm³/mol. The summed E-state index contributed by atoms with van der Waals surface area (Å²) in [4.78, 5) is 18.0. The molecule has 2 aromatic rings. The minimum Gasteiger partial charge on any atom is -0.481 e. The summed E-state index contributed by atoms with van der Waals surface area (Å²) >= 11 is 6.09. The maximum absolute atomic E-state index is 12.8. The zero-order chi connectivity index (χ0) is 16.1. The van der Waals surface area contributed by atoms with Crippen LogP contribution in [0.5, 0.6) is 0 Å². The van der Waals surface area contributed by atoms with E-state index in [4.69, 9.17) is 16.7 Å². The van der Waals surface area contributed by atoms with Crippen molar-refractivity contribution in [3.63, 3.8) is 0 Å². The average Bonchev–Trinajstić information content (AvgIpc) is 3.03. The van der Waals surface area contributed by atoms with Crippen molar-refractivity contribution in [3.05, 3.63) is 23.5 Å². The van der Waals surface area contributed by atoms with Gasteiger partial charge in [0, 0.05) is 25.5 Å². The van der Waals surface area contributed by atoms with Crippen LogP contribution in [0.1, 0.15) is 6.92 Å². The van der Waals surface area contributed by atoms with E-state index in [2.05, 4.69) is 9.97 Å². The molecule has 2 atom stereocenters. The van der Waals surface area contributed by atoms with Gasteiger partial charge in [0.25, 0.3) is 0 Å². The predicted octanol–water partition coefficient (Wildman–Crippen LogP) is 1.56. The number of sulfonamides is 1. The number of nitrogens with zero attached hydrogens (tertiary/aromatic N) is 2.